The first kappa shape index (κ1) is 14.7. The van der Waals surface area contributed by atoms with E-state index >= 15 is 0 Å². The van der Waals surface area contributed by atoms with Crippen LogP contribution in [0.5, 0.6) is 5.75 Å². The average molecular weight is 255 g/mol. The van der Waals surface area contributed by atoms with Crippen LogP contribution in [0.2, 0.25) is 0 Å². The molecule has 18 heavy (non-hydrogen) atoms. The van der Waals surface area contributed by atoms with Crippen molar-refractivity contribution in [2.24, 2.45) is 0 Å². The van der Waals surface area contributed by atoms with Gasteiger partial charge in [-0.05, 0) is 12.8 Å². The van der Waals surface area contributed by atoms with Crippen LogP contribution >= 0.6 is 0 Å². The van der Waals surface area contributed by atoms with E-state index in [2.05, 4.69) is 15.3 Å². The van der Waals surface area contributed by atoms with E-state index in [9.17, 15) is 0 Å². The molecular weight excluding hydrogens is 234 g/mol. The van der Waals surface area contributed by atoms with Gasteiger partial charge in [0.1, 0.15) is 0 Å². The molecule has 1 N–H and O–H groups in total. The van der Waals surface area contributed by atoms with Crippen LogP contribution < -0.4 is 10.1 Å². The smallest absolute Gasteiger partial charge is 0.222 e. The van der Waals surface area contributed by atoms with Gasteiger partial charge in [0.2, 0.25) is 5.95 Å². The van der Waals surface area contributed by atoms with Crippen LogP contribution in [0.25, 0.3) is 0 Å². The second kappa shape index (κ2) is 9.61. The van der Waals surface area contributed by atoms with E-state index in [-0.39, 0.29) is 0 Å². The van der Waals surface area contributed by atoms with Crippen LogP contribution in [0.4, 0.5) is 5.95 Å². The Hall–Kier alpha value is -1.40. The minimum atomic E-state index is 0.621. The molecule has 1 aromatic heterocycles. The zero-order valence-corrected chi connectivity index (χ0v) is 11.0. The summed E-state index contributed by atoms with van der Waals surface area (Å²) in [6.45, 7) is 2.90. The molecule has 6 heteroatoms. The van der Waals surface area contributed by atoms with Crippen molar-refractivity contribution in [2.45, 2.75) is 12.8 Å². The molecule has 0 aliphatic rings. The van der Waals surface area contributed by atoms with Gasteiger partial charge in [0.05, 0.1) is 32.7 Å². The van der Waals surface area contributed by atoms with E-state index in [1.807, 2.05) is 0 Å². The van der Waals surface area contributed by atoms with E-state index in [4.69, 9.17) is 14.2 Å². The van der Waals surface area contributed by atoms with Gasteiger partial charge in [-0.15, -0.1) is 0 Å². The molecule has 0 atom stereocenters. The Kier molecular flexibility index (Phi) is 7.83. The van der Waals surface area contributed by atoms with Gasteiger partial charge in [-0.2, -0.15) is 0 Å². The summed E-state index contributed by atoms with van der Waals surface area (Å²) in [4.78, 5) is 8.23. The summed E-state index contributed by atoms with van der Waals surface area (Å²) in [5.41, 5.74) is 0. The van der Waals surface area contributed by atoms with E-state index < -0.39 is 0 Å². The molecule has 0 aliphatic heterocycles. The van der Waals surface area contributed by atoms with Crippen molar-refractivity contribution < 1.29 is 14.2 Å². The summed E-state index contributed by atoms with van der Waals surface area (Å²) in [6.07, 6.45) is 5.31. The number of anilines is 1. The lowest BCUT2D eigenvalue weighted by atomic mass is 10.3. The van der Waals surface area contributed by atoms with Crippen LogP contribution in [0.15, 0.2) is 12.4 Å². The largest absolute Gasteiger partial charge is 0.494 e. The molecule has 1 rings (SSSR count). The topological polar surface area (TPSA) is 65.5 Å². The fraction of sp³-hybridized carbons (Fsp3) is 0.667. The predicted molar refractivity (Wildman–Crippen MR) is 69.0 cm³/mol. The van der Waals surface area contributed by atoms with Crippen molar-refractivity contribution in [3.05, 3.63) is 12.4 Å². The van der Waals surface area contributed by atoms with Crippen molar-refractivity contribution in [1.82, 2.24) is 9.97 Å². The SMILES string of the molecule is COCCOCCCCNc1ncc(OC)cn1. The highest BCUT2D eigenvalue weighted by Crippen LogP contribution is 2.07. The molecule has 0 saturated carbocycles. The molecule has 0 aromatic carbocycles. The van der Waals surface area contributed by atoms with Crippen LogP contribution in [0, 0.1) is 0 Å². The van der Waals surface area contributed by atoms with Crippen molar-refractivity contribution in [1.29, 1.82) is 0 Å². The van der Waals surface area contributed by atoms with Gasteiger partial charge >= 0.3 is 0 Å². The lowest BCUT2D eigenvalue weighted by Crippen LogP contribution is -2.07. The van der Waals surface area contributed by atoms with E-state index in [1.54, 1.807) is 26.6 Å². The second-order valence-corrected chi connectivity index (χ2v) is 3.69. The van der Waals surface area contributed by atoms with Crippen LogP contribution in [0.3, 0.4) is 0 Å². The van der Waals surface area contributed by atoms with E-state index in [1.165, 1.54) is 0 Å². The molecule has 102 valence electrons. The summed E-state index contributed by atoms with van der Waals surface area (Å²) >= 11 is 0. The lowest BCUT2D eigenvalue weighted by molar-refractivity contribution is 0.0691. The quantitative estimate of drug-likeness (QED) is 0.636. The van der Waals surface area contributed by atoms with Gasteiger partial charge in [-0.1, -0.05) is 0 Å². The number of nitrogens with one attached hydrogen (secondary N) is 1. The van der Waals surface area contributed by atoms with E-state index in [0.717, 1.165) is 26.0 Å². The Labute approximate surface area is 108 Å². The number of hydrogen-bond acceptors (Lipinski definition) is 6. The molecule has 6 nitrogen and oxygen atoms in total. The maximum Gasteiger partial charge on any atom is 0.222 e. The van der Waals surface area contributed by atoms with Crippen LogP contribution in [-0.4, -0.2) is 50.6 Å². The van der Waals surface area contributed by atoms with Crippen LogP contribution in [0.1, 0.15) is 12.8 Å². The number of unbranched alkanes of at least 4 members (excludes halogenated alkanes) is 1. The monoisotopic (exact) mass is 255 g/mol. The molecule has 0 aliphatic carbocycles. The fourth-order valence-corrected chi connectivity index (χ4v) is 1.29. The molecule has 0 fully saturated rings. The van der Waals surface area contributed by atoms with Gasteiger partial charge in [0, 0.05) is 20.3 Å². The zero-order valence-electron chi connectivity index (χ0n) is 11.0. The maximum absolute atomic E-state index is 5.36. The number of hydrogen-bond donors (Lipinski definition) is 1. The lowest BCUT2D eigenvalue weighted by Gasteiger charge is -2.06. The number of aromatic nitrogens is 2. The minimum Gasteiger partial charge on any atom is -0.494 e. The first-order valence-electron chi connectivity index (χ1n) is 6.03. The van der Waals surface area contributed by atoms with Gasteiger partial charge in [-0.25, -0.2) is 9.97 Å². The Morgan fingerprint density at radius 3 is 2.50 bits per heavy atom. The third kappa shape index (κ3) is 6.36. The predicted octanol–water partition coefficient (Wildman–Crippen LogP) is 1.34. The summed E-state index contributed by atoms with van der Waals surface area (Å²) in [5.74, 6) is 1.28. The highest BCUT2D eigenvalue weighted by Gasteiger charge is 1.96. The third-order valence-electron chi connectivity index (χ3n) is 2.29. The van der Waals surface area contributed by atoms with Crippen LogP contribution in [-0.2, 0) is 9.47 Å². The van der Waals surface area contributed by atoms with Crippen molar-refractivity contribution >= 4 is 5.95 Å². The van der Waals surface area contributed by atoms with Crippen molar-refractivity contribution in [2.75, 3.05) is 45.9 Å². The molecule has 1 heterocycles. The van der Waals surface area contributed by atoms with Gasteiger partial charge < -0.3 is 19.5 Å². The van der Waals surface area contributed by atoms with Crippen molar-refractivity contribution in [3.63, 3.8) is 0 Å². The molecule has 0 bridgehead atoms. The average Bonchev–Trinajstić information content (AvgIpc) is 2.42. The molecule has 0 radical (unpaired) electrons. The number of rotatable bonds is 10. The number of nitrogens with zero attached hydrogens (tertiary/aromatic N) is 2. The fourth-order valence-electron chi connectivity index (χ4n) is 1.29. The first-order chi connectivity index (χ1) is 8.86. The third-order valence-corrected chi connectivity index (χ3v) is 2.29. The molecule has 0 unspecified atom stereocenters. The summed E-state index contributed by atoms with van der Waals surface area (Å²) < 4.78 is 15.2. The Morgan fingerprint density at radius 2 is 1.83 bits per heavy atom. The highest BCUT2D eigenvalue weighted by atomic mass is 16.5. The summed E-state index contributed by atoms with van der Waals surface area (Å²) in [5, 5.41) is 3.14. The standard InChI is InChI=1S/C12H21N3O3/c1-16-7-8-18-6-4-3-5-13-12-14-9-11(17-2)10-15-12/h9-10H,3-8H2,1-2H3,(H,13,14,15). The minimum absolute atomic E-state index is 0.621. The van der Waals surface area contributed by atoms with Gasteiger partial charge in [0.15, 0.2) is 5.75 Å². The summed E-state index contributed by atoms with van der Waals surface area (Å²) in [6, 6.07) is 0. The number of methoxy groups -OCH3 is 2. The Balaban J connectivity index is 2.00. The molecule has 1 aromatic rings. The maximum atomic E-state index is 5.36. The molecule has 0 spiro atoms. The second-order valence-electron chi connectivity index (χ2n) is 3.69. The Morgan fingerprint density at radius 1 is 1.06 bits per heavy atom. The summed E-state index contributed by atoms with van der Waals surface area (Å²) in [7, 11) is 3.26. The molecule has 0 amide bonds. The van der Waals surface area contributed by atoms with E-state index in [0.29, 0.717) is 24.9 Å². The zero-order chi connectivity index (χ0) is 13.1. The normalized spacial score (nSPS) is 10.3. The molecular formula is C12H21N3O3. The van der Waals surface area contributed by atoms with Gasteiger partial charge in [-0.3, -0.25) is 0 Å². The Bertz CT molecular complexity index is 306. The van der Waals surface area contributed by atoms with Crippen molar-refractivity contribution in [3.8, 4) is 5.75 Å². The van der Waals surface area contributed by atoms with Gasteiger partial charge in [0.25, 0.3) is 0 Å². The first-order valence-corrected chi connectivity index (χ1v) is 6.03. The number of ether oxygens (including phenoxy) is 3. The molecule has 0 saturated heterocycles. The highest BCUT2D eigenvalue weighted by molar-refractivity contribution is 5.26.